The molecule has 0 fully saturated rings. The maximum atomic E-state index is 5.70. The van der Waals surface area contributed by atoms with Gasteiger partial charge in [-0.3, -0.25) is 0 Å². The number of nitrogens with zero attached hydrogens (tertiary/aromatic N) is 2. The zero-order valence-corrected chi connectivity index (χ0v) is 10.5. The Hall–Kier alpha value is -1.29. The first-order valence-corrected chi connectivity index (χ1v) is 5.57. The van der Waals surface area contributed by atoms with Crippen LogP contribution in [0.4, 0.5) is 11.5 Å². The van der Waals surface area contributed by atoms with Crippen LogP contribution < -0.4 is 10.6 Å². The Morgan fingerprint density at radius 3 is 2.75 bits per heavy atom. The minimum atomic E-state index is 0.310. The van der Waals surface area contributed by atoms with Crippen LogP contribution in [0, 0.1) is 6.92 Å². The second-order valence-electron chi connectivity index (χ2n) is 4.00. The summed E-state index contributed by atoms with van der Waals surface area (Å²) in [5.41, 5.74) is 7.51. The Balaban J connectivity index is 2.94. The van der Waals surface area contributed by atoms with Crippen molar-refractivity contribution in [3.05, 3.63) is 17.8 Å². The van der Waals surface area contributed by atoms with E-state index in [2.05, 4.69) is 23.7 Å². The van der Waals surface area contributed by atoms with Crippen molar-refractivity contribution in [2.24, 2.45) is 0 Å². The molecule has 4 heteroatoms. The van der Waals surface area contributed by atoms with Gasteiger partial charge < -0.3 is 15.4 Å². The van der Waals surface area contributed by atoms with Crippen LogP contribution in [-0.4, -0.2) is 31.3 Å². The molecule has 1 rings (SSSR count). The number of likely N-dealkylation sites (N-methyl/N-ethyl adjacent to an activating group) is 1. The van der Waals surface area contributed by atoms with Gasteiger partial charge in [-0.05, 0) is 32.4 Å². The molecule has 1 heterocycles. The summed E-state index contributed by atoms with van der Waals surface area (Å²) in [5, 5.41) is 0. The molecular weight excluding hydrogens is 202 g/mol. The molecule has 16 heavy (non-hydrogen) atoms. The predicted octanol–water partition coefficient (Wildman–Crippen LogP) is 1.83. The molecule has 0 aliphatic heterocycles. The van der Waals surface area contributed by atoms with Crippen LogP contribution in [0.15, 0.2) is 12.3 Å². The van der Waals surface area contributed by atoms with E-state index in [9.17, 15) is 0 Å². The van der Waals surface area contributed by atoms with E-state index in [1.807, 2.05) is 13.0 Å². The largest absolute Gasteiger partial charge is 0.397 e. The highest BCUT2D eigenvalue weighted by molar-refractivity contribution is 5.53. The van der Waals surface area contributed by atoms with Crippen molar-refractivity contribution >= 4 is 11.5 Å². The number of aromatic nitrogens is 1. The molecule has 1 unspecified atom stereocenters. The number of methoxy groups -OCH3 is 1. The number of pyridine rings is 1. The lowest BCUT2D eigenvalue weighted by atomic mass is 10.2. The molecule has 0 aliphatic rings. The molecule has 1 aromatic heterocycles. The van der Waals surface area contributed by atoms with E-state index < -0.39 is 0 Å². The number of rotatable bonds is 5. The molecule has 4 nitrogen and oxygen atoms in total. The van der Waals surface area contributed by atoms with Crippen LogP contribution in [0.1, 0.15) is 19.4 Å². The van der Waals surface area contributed by atoms with Gasteiger partial charge in [-0.25, -0.2) is 4.98 Å². The number of hydrogen-bond acceptors (Lipinski definition) is 4. The van der Waals surface area contributed by atoms with Crippen molar-refractivity contribution in [2.45, 2.75) is 26.8 Å². The Bertz CT molecular complexity index is 341. The lowest BCUT2D eigenvalue weighted by Crippen LogP contribution is -2.37. The third kappa shape index (κ3) is 2.85. The molecule has 1 atom stereocenters. The van der Waals surface area contributed by atoms with Gasteiger partial charge in [0.1, 0.15) is 5.82 Å². The van der Waals surface area contributed by atoms with Gasteiger partial charge in [0, 0.05) is 13.7 Å². The predicted molar refractivity (Wildman–Crippen MR) is 67.7 cm³/mol. The van der Waals surface area contributed by atoms with E-state index >= 15 is 0 Å². The van der Waals surface area contributed by atoms with Crippen LogP contribution in [0.3, 0.4) is 0 Å². The molecule has 90 valence electrons. The molecule has 0 aliphatic carbocycles. The Kier molecular flexibility index (Phi) is 4.55. The van der Waals surface area contributed by atoms with Crippen molar-refractivity contribution in [3.63, 3.8) is 0 Å². The second-order valence-corrected chi connectivity index (χ2v) is 4.00. The van der Waals surface area contributed by atoms with Gasteiger partial charge in [0.25, 0.3) is 0 Å². The van der Waals surface area contributed by atoms with E-state index in [0.717, 1.165) is 17.9 Å². The smallest absolute Gasteiger partial charge is 0.131 e. The standard InChI is InChI=1S/C12H21N3O/c1-5-15(10(3)8-16-4)12-9(2)6-11(13)7-14-12/h6-7,10H,5,8,13H2,1-4H3. The minimum Gasteiger partial charge on any atom is -0.397 e. The Morgan fingerprint density at radius 1 is 1.56 bits per heavy atom. The summed E-state index contributed by atoms with van der Waals surface area (Å²) >= 11 is 0. The third-order valence-electron chi connectivity index (χ3n) is 2.62. The molecule has 0 amide bonds. The van der Waals surface area contributed by atoms with Crippen LogP contribution in [0.2, 0.25) is 0 Å². The lowest BCUT2D eigenvalue weighted by molar-refractivity contribution is 0.181. The SMILES string of the molecule is CCN(c1ncc(N)cc1C)C(C)COC. The summed E-state index contributed by atoms with van der Waals surface area (Å²) in [6, 6.07) is 2.26. The number of hydrogen-bond donors (Lipinski definition) is 1. The zero-order valence-electron chi connectivity index (χ0n) is 10.5. The van der Waals surface area contributed by atoms with Gasteiger partial charge in [-0.15, -0.1) is 0 Å². The van der Waals surface area contributed by atoms with Crippen molar-refractivity contribution in [1.82, 2.24) is 4.98 Å². The number of nitrogen functional groups attached to an aromatic ring is 1. The number of nitrogens with two attached hydrogens (primary N) is 1. The molecule has 2 N–H and O–H groups in total. The fourth-order valence-electron chi connectivity index (χ4n) is 1.89. The molecule has 1 aromatic rings. The Labute approximate surface area is 97.4 Å². The van der Waals surface area contributed by atoms with Crippen molar-refractivity contribution in [2.75, 3.05) is 30.9 Å². The first kappa shape index (κ1) is 12.8. The van der Waals surface area contributed by atoms with Gasteiger partial charge in [0.15, 0.2) is 0 Å². The first-order chi connectivity index (χ1) is 7.60. The monoisotopic (exact) mass is 223 g/mol. The molecule has 0 radical (unpaired) electrons. The second kappa shape index (κ2) is 5.70. The van der Waals surface area contributed by atoms with Gasteiger partial charge in [-0.2, -0.15) is 0 Å². The first-order valence-electron chi connectivity index (χ1n) is 5.57. The third-order valence-corrected chi connectivity index (χ3v) is 2.62. The van der Waals surface area contributed by atoms with E-state index in [4.69, 9.17) is 10.5 Å². The number of aryl methyl sites for hydroxylation is 1. The minimum absolute atomic E-state index is 0.310. The van der Waals surface area contributed by atoms with Crippen molar-refractivity contribution < 1.29 is 4.74 Å². The fourth-order valence-corrected chi connectivity index (χ4v) is 1.89. The molecule has 0 saturated heterocycles. The van der Waals surface area contributed by atoms with Gasteiger partial charge in [-0.1, -0.05) is 0 Å². The van der Waals surface area contributed by atoms with Crippen LogP contribution in [0.5, 0.6) is 0 Å². The number of ether oxygens (including phenoxy) is 1. The quantitative estimate of drug-likeness (QED) is 0.827. The van der Waals surface area contributed by atoms with Crippen LogP contribution in [-0.2, 0) is 4.74 Å². The normalized spacial score (nSPS) is 12.5. The molecule has 0 spiro atoms. The molecule has 0 saturated carbocycles. The Morgan fingerprint density at radius 2 is 2.25 bits per heavy atom. The fraction of sp³-hybridized carbons (Fsp3) is 0.583. The lowest BCUT2D eigenvalue weighted by Gasteiger charge is -2.29. The summed E-state index contributed by atoms with van der Waals surface area (Å²) in [6.45, 7) is 7.87. The summed E-state index contributed by atoms with van der Waals surface area (Å²) in [5.74, 6) is 0.987. The molecular formula is C12H21N3O. The highest BCUT2D eigenvalue weighted by Crippen LogP contribution is 2.20. The maximum Gasteiger partial charge on any atom is 0.131 e. The van der Waals surface area contributed by atoms with E-state index in [-0.39, 0.29) is 0 Å². The summed E-state index contributed by atoms with van der Waals surface area (Å²) in [7, 11) is 1.72. The zero-order chi connectivity index (χ0) is 12.1. The average Bonchev–Trinajstić information content (AvgIpc) is 2.22. The number of anilines is 2. The maximum absolute atomic E-state index is 5.70. The van der Waals surface area contributed by atoms with E-state index in [1.54, 1.807) is 13.3 Å². The van der Waals surface area contributed by atoms with E-state index in [1.165, 1.54) is 0 Å². The topological polar surface area (TPSA) is 51.4 Å². The summed E-state index contributed by atoms with van der Waals surface area (Å²) < 4.78 is 5.18. The van der Waals surface area contributed by atoms with Crippen molar-refractivity contribution in [1.29, 1.82) is 0 Å². The summed E-state index contributed by atoms with van der Waals surface area (Å²) in [4.78, 5) is 6.62. The summed E-state index contributed by atoms with van der Waals surface area (Å²) in [6.07, 6.45) is 1.70. The van der Waals surface area contributed by atoms with Gasteiger partial charge >= 0.3 is 0 Å². The van der Waals surface area contributed by atoms with Gasteiger partial charge in [0.2, 0.25) is 0 Å². The van der Waals surface area contributed by atoms with Gasteiger partial charge in [0.05, 0.1) is 24.5 Å². The molecule has 0 bridgehead atoms. The van der Waals surface area contributed by atoms with Crippen LogP contribution in [0.25, 0.3) is 0 Å². The highest BCUT2D eigenvalue weighted by atomic mass is 16.5. The van der Waals surface area contributed by atoms with Crippen LogP contribution >= 0.6 is 0 Å². The van der Waals surface area contributed by atoms with Crippen molar-refractivity contribution in [3.8, 4) is 0 Å². The average molecular weight is 223 g/mol. The molecule has 0 aromatic carbocycles. The van der Waals surface area contributed by atoms with E-state index in [0.29, 0.717) is 18.3 Å². The highest BCUT2D eigenvalue weighted by Gasteiger charge is 2.15.